The fourth-order valence-corrected chi connectivity index (χ4v) is 5.06. The van der Waals surface area contributed by atoms with Gasteiger partial charge in [-0.15, -0.1) is 0 Å². The lowest BCUT2D eigenvalue weighted by Gasteiger charge is -2.69. The second kappa shape index (κ2) is 5.14. The van der Waals surface area contributed by atoms with Gasteiger partial charge in [0.1, 0.15) is 6.04 Å². The van der Waals surface area contributed by atoms with Crippen molar-refractivity contribution >= 4 is 17.7 Å². The second-order valence-electron chi connectivity index (χ2n) is 8.42. The van der Waals surface area contributed by atoms with Crippen molar-refractivity contribution in [1.29, 1.82) is 0 Å². The van der Waals surface area contributed by atoms with Crippen LogP contribution in [0, 0.1) is 0 Å². The third kappa shape index (κ3) is 2.30. The average molecular weight is 354 g/mol. The van der Waals surface area contributed by atoms with Crippen LogP contribution in [0.2, 0.25) is 0 Å². The van der Waals surface area contributed by atoms with Crippen LogP contribution in [0.3, 0.4) is 0 Å². The number of amides is 3. The number of hydrogen-bond acceptors (Lipinski definition) is 5. The third-order valence-corrected chi connectivity index (χ3v) is 6.33. The van der Waals surface area contributed by atoms with Gasteiger partial charge < -0.3 is 16.0 Å². The number of nitrogens with one attached hydrogen (secondary N) is 2. The zero-order chi connectivity index (χ0) is 18.1. The molecule has 1 aromatic rings. The van der Waals surface area contributed by atoms with Gasteiger partial charge in [0, 0.05) is 36.2 Å². The van der Waals surface area contributed by atoms with Crippen LogP contribution in [0.1, 0.15) is 53.6 Å². The van der Waals surface area contributed by atoms with Crippen molar-refractivity contribution in [2.75, 3.05) is 0 Å². The molecule has 1 unspecified atom stereocenters. The van der Waals surface area contributed by atoms with Crippen molar-refractivity contribution in [3.8, 4) is 0 Å². The first-order chi connectivity index (χ1) is 12.4. The minimum Gasteiger partial charge on any atom is -0.325 e. The van der Waals surface area contributed by atoms with Gasteiger partial charge in [0.15, 0.2) is 0 Å². The van der Waals surface area contributed by atoms with Gasteiger partial charge in [-0.05, 0) is 42.9 Å². The monoisotopic (exact) mass is 354 g/mol. The van der Waals surface area contributed by atoms with Crippen molar-refractivity contribution in [3.05, 3.63) is 34.9 Å². The molecule has 1 saturated heterocycles. The molecule has 4 N–H and O–H groups in total. The molecular formula is C19H22N4O3. The van der Waals surface area contributed by atoms with Gasteiger partial charge in [-0.2, -0.15) is 0 Å². The van der Waals surface area contributed by atoms with Crippen LogP contribution < -0.4 is 16.4 Å². The molecule has 136 valence electrons. The topological polar surface area (TPSA) is 105 Å². The Bertz CT molecular complexity index is 829. The molecule has 5 aliphatic rings. The molecule has 1 aromatic carbocycles. The quantitative estimate of drug-likeness (QED) is 0.669. The number of benzene rings is 1. The van der Waals surface area contributed by atoms with E-state index in [0.717, 1.165) is 36.9 Å². The van der Waals surface area contributed by atoms with Crippen molar-refractivity contribution in [2.45, 2.75) is 62.3 Å². The molecule has 7 nitrogen and oxygen atoms in total. The zero-order valence-corrected chi connectivity index (χ0v) is 14.5. The first-order valence-corrected chi connectivity index (χ1v) is 9.17. The van der Waals surface area contributed by atoms with Crippen LogP contribution in [-0.2, 0) is 22.7 Å². The highest BCUT2D eigenvalue weighted by atomic mass is 16.2. The van der Waals surface area contributed by atoms with Gasteiger partial charge in [-0.3, -0.25) is 19.7 Å². The van der Waals surface area contributed by atoms with Crippen LogP contribution in [0.25, 0.3) is 0 Å². The molecule has 3 saturated carbocycles. The Kier molecular flexibility index (Phi) is 3.16. The van der Waals surface area contributed by atoms with Crippen LogP contribution in [-0.4, -0.2) is 39.7 Å². The Balaban J connectivity index is 1.28. The second-order valence-corrected chi connectivity index (χ2v) is 8.42. The number of rotatable bonds is 4. The Labute approximate surface area is 151 Å². The van der Waals surface area contributed by atoms with Crippen molar-refractivity contribution in [3.63, 3.8) is 0 Å². The van der Waals surface area contributed by atoms with Gasteiger partial charge in [0.25, 0.3) is 5.91 Å². The predicted molar refractivity (Wildman–Crippen MR) is 92.8 cm³/mol. The number of nitrogens with two attached hydrogens (primary N) is 1. The number of hydrogen-bond donors (Lipinski definition) is 3. The molecule has 0 radical (unpaired) electrons. The van der Waals surface area contributed by atoms with E-state index < -0.39 is 6.04 Å². The van der Waals surface area contributed by atoms with Crippen LogP contribution in [0.15, 0.2) is 18.2 Å². The molecule has 3 amide bonds. The molecule has 1 atom stereocenters. The summed E-state index contributed by atoms with van der Waals surface area (Å²) in [4.78, 5) is 37.8. The van der Waals surface area contributed by atoms with Gasteiger partial charge >= 0.3 is 0 Å². The largest absolute Gasteiger partial charge is 0.325 e. The van der Waals surface area contributed by atoms with E-state index >= 15 is 0 Å². The summed E-state index contributed by atoms with van der Waals surface area (Å²) < 4.78 is 0. The minimum atomic E-state index is -0.560. The molecular weight excluding hydrogens is 332 g/mol. The van der Waals surface area contributed by atoms with Gasteiger partial charge in [-0.1, -0.05) is 12.1 Å². The first-order valence-electron chi connectivity index (χ1n) is 9.17. The minimum absolute atomic E-state index is 0.0728. The molecule has 2 heterocycles. The maximum atomic E-state index is 12.8. The maximum absolute atomic E-state index is 12.8. The number of nitrogens with zero attached hydrogens (tertiary/aromatic N) is 1. The summed E-state index contributed by atoms with van der Waals surface area (Å²) >= 11 is 0. The van der Waals surface area contributed by atoms with Crippen LogP contribution >= 0.6 is 0 Å². The van der Waals surface area contributed by atoms with E-state index in [1.807, 2.05) is 18.2 Å². The lowest BCUT2D eigenvalue weighted by molar-refractivity contribution is -0.136. The average Bonchev–Trinajstić information content (AvgIpc) is 2.86. The summed E-state index contributed by atoms with van der Waals surface area (Å²) in [6, 6.07) is 5.38. The van der Waals surface area contributed by atoms with Crippen molar-refractivity contribution in [1.82, 2.24) is 15.5 Å². The molecule has 3 aliphatic carbocycles. The first kappa shape index (κ1) is 16.0. The Morgan fingerprint density at radius 3 is 2.69 bits per heavy atom. The number of carbonyl (C=O) groups is 3. The van der Waals surface area contributed by atoms with Crippen molar-refractivity contribution < 1.29 is 14.4 Å². The standard InChI is InChI=1S/C19H22N4O3/c20-18-8-19(9-18,10-18)21-6-11-1-2-12-7-23(17(26)13(12)5-11)14-3-4-15(24)22-16(14)25/h1-2,5,14,21H,3-4,6-10,20H2,(H,22,24,25). The molecule has 7 heteroatoms. The highest BCUT2D eigenvalue weighted by Crippen LogP contribution is 2.58. The van der Waals surface area contributed by atoms with Crippen LogP contribution in [0.5, 0.6) is 0 Å². The molecule has 0 aromatic heterocycles. The van der Waals surface area contributed by atoms with E-state index in [1.54, 1.807) is 4.90 Å². The van der Waals surface area contributed by atoms with Crippen LogP contribution in [0.4, 0.5) is 0 Å². The van der Waals surface area contributed by atoms with Gasteiger partial charge in [0.2, 0.25) is 11.8 Å². The zero-order valence-electron chi connectivity index (χ0n) is 14.5. The molecule has 0 spiro atoms. The van der Waals surface area contributed by atoms with Gasteiger partial charge in [0.05, 0.1) is 0 Å². The fourth-order valence-electron chi connectivity index (χ4n) is 5.06. The maximum Gasteiger partial charge on any atom is 0.255 e. The normalized spacial score (nSPS) is 34.9. The highest BCUT2D eigenvalue weighted by Gasteiger charge is 2.65. The van der Waals surface area contributed by atoms with E-state index in [4.69, 9.17) is 5.73 Å². The lowest BCUT2D eigenvalue weighted by Crippen LogP contribution is -2.81. The van der Waals surface area contributed by atoms with E-state index in [-0.39, 0.29) is 35.2 Å². The number of imide groups is 1. The number of carbonyl (C=O) groups excluding carboxylic acids is 3. The Hall–Kier alpha value is -2.25. The molecule has 2 bridgehead atoms. The number of fused-ring (bicyclic) bond motifs is 1. The SMILES string of the molecule is NC12CC(NCc3ccc4c(c3)C(=O)N(C3CCC(=O)NC3=O)C4)(C1)C2. The summed E-state index contributed by atoms with van der Waals surface area (Å²) in [7, 11) is 0. The highest BCUT2D eigenvalue weighted by molar-refractivity contribution is 6.05. The molecule has 6 rings (SSSR count). The number of piperidine rings is 1. The van der Waals surface area contributed by atoms with Crippen molar-refractivity contribution in [2.24, 2.45) is 5.73 Å². The lowest BCUT2D eigenvalue weighted by atomic mass is 9.44. The third-order valence-electron chi connectivity index (χ3n) is 6.33. The van der Waals surface area contributed by atoms with E-state index in [9.17, 15) is 14.4 Å². The molecule has 2 aliphatic heterocycles. The van der Waals surface area contributed by atoms with E-state index in [0.29, 0.717) is 18.5 Å². The molecule has 4 fully saturated rings. The summed E-state index contributed by atoms with van der Waals surface area (Å²) in [6.07, 6.45) is 3.77. The predicted octanol–water partition coefficient (Wildman–Crippen LogP) is 0.171. The fraction of sp³-hybridized carbons (Fsp3) is 0.526. The summed E-state index contributed by atoms with van der Waals surface area (Å²) in [5.41, 5.74) is 9.05. The van der Waals surface area contributed by atoms with E-state index in [2.05, 4.69) is 10.6 Å². The summed E-state index contributed by atoms with van der Waals surface area (Å²) in [5.74, 6) is -0.761. The summed E-state index contributed by atoms with van der Waals surface area (Å²) in [5, 5.41) is 5.92. The Morgan fingerprint density at radius 1 is 1.23 bits per heavy atom. The van der Waals surface area contributed by atoms with E-state index in [1.165, 1.54) is 0 Å². The molecule has 26 heavy (non-hydrogen) atoms. The summed E-state index contributed by atoms with van der Waals surface area (Å²) in [6.45, 7) is 1.14. The Morgan fingerprint density at radius 2 is 2.00 bits per heavy atom. The van der Waals surface area contributed by atoms with Gasteiger partial charge in [-0.25, -0.2) is 0 Å². The smallest absolute Gasteiger partial charge is 0.255 e.